The van der Waals surface area contributed by atoms with Crippen molar-refractivity contribution in [2.45, 2.75) is 19.9 Å². The Bertz CT molecular complexity index is 1120. The molecule has 1 N–H and O–H groups in total. The predicted octanol–water partition coefficient (Wildman–Crippen LogP) is 4.47. The van der Waals surface area contributed by atoms with Gasteiger partial charge in [0.1, 0.15) is 5.52 Å². The van der Waals surface area contributed by atoms with Crippen molar-refractivity contribution in [2.24, 2.45) is 0 Å². The van der Waals surface area contributed by atoms with Crippen molar-refractivity contribution in [2.75, 3.05) is 5.32 Å². The highest BCUT2D eigenvalue weighted by Gasteiger charge is 2.18. The summed E-state index contributed by atoms with van der Waals surface area (Å²) in [5, 5.41) is 12.6. The maximum absolute atomic E-state index is 12.3. The molecule has 4 rings (SSSR count). The molecule has 0 saturated carbocycles. The third-order valence-electron chi connectivity index (χ3n) is 4.15. The Morgan fingerprint density at radius 3 is 2.62 bits per heavy atom. The molecule has 0 aliphatic rings. The van der Waals surface area contributed by atoms with Crippen molar-refractivity contribution in [3.05, 3.63) is 59.1 Å². The first kappa shape index (κ1) is 16.5. The van der Waals surface area contributed by atoms with Crippen LogP contribution < -0.4 is 5.32 Å². The second-order valence-electron chi connectivity index (χ2n) is 6.25. The molecule has 0 aliphatic heterocycles. The zero-order chi connectivity index (χ0) is 18.3. The van der Waals surface area contributed by atoms with Crippen LogP contribution in [0.1, 0.15) is 30.2 Å². The van der Waals surface area contributed by atoms with Gasteiger partial charge in [0.25, 0.3) is 11.9 Å². The summed E-state index contributed by atoms with van der Waals surface area (Å²) in [5.74, 6) is -0.107. The summed E-state index contributed by atoms with van der Waals surface area (Å²) in [6.45, 7) is 4.13. The van der Waals surface area contributed by atoms with Crippen LogP contribution in [0.25, 0.3) is 22.1 Å². The van der Waals surface area contributed by atoms with E-state index in [-0.39, 0.29) is 17.9 Å². The standard InChI is InChI=1S/C19H16ClN5O/c1-11(2)25-15-9-8-13(20)10-14(15)16-17(25)21-19(24-23-16)22-18(26)12-6-4-3-5-7-12/h3-11H,1-2H3,(H,21,22,24,26). The van der Waals surface area contributed by atoms with Crippen LogP contribution in [0.3, 0.4) is 0 Å². The third kappa shape index (κ3) is 2.78. The van der Waals surface area contributed by atoms with Gasteiger partial charge in [-0.2, -0.15) is 4.98 Å². The first-order valence-corrected chi connectivity index (χ1v) is 8.62. The van der Waals surface area contributed by atoms with Gasteiger partial charge in [-0.1, -0.05) is 29.8 Å². The van der Waals surface area contributed by atoms with Crippen LogP contribution in [-0.2, 0) is 0 Å². The molecule has 0 spiro atoms. The number of hydrogen-bond donors (Lipinski definition) is 1. The number of carbonyl (C=O) groups excluding carboxylic acids is 1. The summed E-state index contributed by atoms with van der Waals surface area (Å²) in [4.78, 5) is 16.9. The lowest BCUT2D eigenvalue weighted by atomic mass is 10.2. The molecule has 26 heavy (non-hydrogen) atoms. The number of aromatic nitrogens is 4. The van der Waals surface area contributed by atoms with Gasteiger partial charge in [0.2, 0.25) is 0 Å². The van der Waals surface area contributed by atoms with E-state index in [1.807, 2.05) is 24.3 Å². The Morgan fingerprint density at radius 2 is 1.88 bits per heavy atom. The van der Waals surface area contributed by atoms with Gasteiger partial charge < -0.3 is 4.57 Å². The molecule has 2 aromatic carbocycles. The first-order chi connectivity index (χ1) is 12.5. The molecule has 0 bridgehead atoms. The van der Waals surface area contributed by atoms with Crippen LogP contribution in [0.5, 0.6) is 0 Å². The number of halogens is 1. The van der Waals surface area contributed by atoms with Gasteiger partial charge in [-0.05, 0) is 44.2 Å². The lowest BCUT2D eigenvalue weighted by Crippen LogP contribution is -2.15. The number of carbonyl (C=O) groups is 1. The van der Waals surface area contributed by atoms with Crippen LogP contribution in [0.15, 0.2) is 48.5 Å². The summed E-state index contributed by atoms with van der Waals surface area (Å²) >= 11 is 6.14. The Hall–Kier alpha value is -2.99. The lowest BCUT2D eigenvalue weighted by molar-refractivity contribution is 0.102. The SMILES string of the molecule is CC(C)n1c2ccc(Cl)cc2c2nnc(NC(=O)c3ccccc3)nc21. The van der Waals surface area contributed by atoms with E-state index < -0.39 is 0 Å². The van der Waals surface area contributed by atoms with Crippen LogP contribution in [0, 0.1) is 0 Å². The average molecular weight is 366 g/mol. The van der Waals surface area contributed by atoms with Crippen molar-refractivity contribution in [1.29, 1.82) is 0 Å². The zero-order valence-electron chi connectivity index (χ0n) is 14.3. The molecule has 0 atom stereocenters. The minimum Gasteiger partial charge on any atom is -0.321 e. The maximum Gasteiger partial charge on any atom is 0.258 e. The molecule has 0 fully saturated rings. The van der Waals surface area contributed by atoms with E-state index in [1.165, 1.54) is 0 Å². The molecule has 130 valence electrons. The van der Waals surface area contributed by atoms with Gasteiger partial charge in [0.15, 0.2) is 5.65 Å². The fraction of sp³-hybridized carbons (Fsp3) is 0.158. The van der Waals surface area contributed by atoms with E-state index in [0.29, 0.717) is 21.7 Å². The number of nitrogens with zero attached hydrogens (tertiary/aromatic N) is 4. The Balaban J connectivity index is 1.83. The second-order valence-corrected chi connectivity index (χ2v) is 6.69. The smallest absolute Gasteiger partial charge is 0.258 e. The van der Waals surface area contributed by atoms with Gasteiger partial charge >= 0.3 is 0 Å². The quantitative estimate of drug-likeness (QED) is 0.581. The van der Waals surface area contributed by atoms with Gasteiger partial charge in [-0.25, -0.2) is 0 Å². The van der Waals surface area contributed by atoms with E-state index in [1.54, 1.807) is 24.3 Å². The topological polar surface area (TPSA) is 72.7 Å². The molecule has 2 heterocycles. The molecule has 1 amide bonds. The molecule has 0 saturated heterocycles. The van der Waals surface area contributed by atoms with Gasteiger partial charge in [0.05, 0.1) is 5.52 Å². The van der Waals surface area contributed by atoms with Crippen molar-refractivity contribution in [3.8, 4) is 0 Å². The largest absolute Gasteiger partial charge is 0.321 e. The zero-order valence-corrected chi connectivity index (χ0v) is 15.0. The second kappa shape index (κ2) is 6.38. The van der Waals surface area contributed by atoms with E-state index in [2.05, 4.69) is 38.9 Å². The lowest BCUT2D eigenvalue weighted by Gasteiger charge is -2.10. The summed E-state index contributed by atoms with van der Waals surface area (Å²) in [6.07, 6.45) is 0. The van der Waals surface area contributed by atoms with Crippen molar-refractivity contribution in [3.63, 3.8) is 0 Å². The molecule has 0 radical (unpaired) electrons. The van der Waals surface area contributed by atoms with Crippen LogP contribution in [0.4, 0.5) is 5.95 Å². The van der Waals surface area contributed by atoms with E-state index in [9.17, 15) is 4.79 Å². The summed E-state index contributed by atoms with van der Waals surface area (Å²) in [5.41, 5.74) is 2.84. The number of nitrogens with one attached hydrogen (secondary N) is 1. The fourth-order valence-electron chi connectivity index (χ4n) is 3.02. The molecular weight excluding hydrogens is 350 g/mol. The molecular formula is C19H16ClN5O. The molecule has 0 unspecified atom stereocenters. The van der Waals surface area contributed by atoms with Crippen LogP contribution >= 0.6 is 11.6 Å². The Morgan fingerprint density at radius 1 is 1.12 bits per heavy atom. The van der Waals surface area contributed by atoms with Crippen LogP contribution in [-0.4, -0.2) is 25.7 Å². The Labute approximate surface area is 154 Å². The highest BCUT2D eigenvalue weighted by atomic mass is 35.5. The number of rotatable bonds is 3. The summed E-state index contributed by atoms with van der Waals surface area (Å²) in [6, 6.07) is 14.7. The van der Waals surface area contributed by atoms with Gasteiger partial charge in [-0.3, -0.25) is 10.1 Å². The van der Waals surface area contributed by atoms with E-state index >= 15 is 0 Å². The number of benzene rings is 2. The average Bonchev–Trinajstić information content (AvgIpc) is 2.95. The monoisotopic (exact) mass is 365 g/mol. The molecule has 6 nitrogen and oxygen atoms in total. The molecule has 7 heteroatoms. The summed E-state index contributed by atoms with van der Waals surface area (Å²) in [7, 11) is 0. The number of amides is 1. The van der Waals surface area contributed by atoms with Crippen molar-refractivity contribution < 1.29 is 4.79 Å². The minimum atomic E-state index is -0.276. The van der Waals surface area contributed by atoms with Crippen molar-refractivity contribution in [1.82, 2.24) is 19.7 Å². The Kier molecular flexibility index (Phi) is 4.05. The van der Waals surface area contributed by atoms with Gasteiger partial charge in [-0.15, -0.1) is 10.2 Å². The maximum atomic E-state index is 12.3. The highest BCUT2D eigenvalue weighted by molar-refractivity contribution is 6.31. The minimum absolute atomic E-state index is 0.158. The molecule has 4 aromatic rings. The fourth-order valence-corrected chi connectivity index (χ4v) is 3.19. The third-order valence-corrected chi connectivity index (χ3v) is 4.38. The number of hydrogen-bond acceptors (Lipinski definition) is 4. The van der Waals surface area contributed by atoms with E-state index in [4.69, 9.17) is 11.6 Å². The highest BCUT2D eigenvalue weighted by Crippen LogP contribution is 2.31. The predicted molar refractivity (Wildman–Crippen MR) is 103 cm³/mol. The van der Waals surface area contributed by atoms with E-state index in [0.717, 1.165) is 10.9 Å². The number of anilines is 1. The van der Waals surface area contributed by atoms with Gasteiger partial charge in [0, 0.05) is 22.0 Å². The molecule has 2 aromatic heterocycles. The summed E-state index contributed by atoms with van der Waals surface area (Å²) < 4.78 is 2.06. The van der Waals surface area contributed by atoms with Crippen LogP contribution in [0.2, 0.25) is 5.02 Å². The molecule has 0 aliphatic carbocycles. The number of fused-ring (bicyclic) bond motifs is 3. The van der Waals surface area contributed by atoms with Crippen molar-refractivity contribution >= 4 is 45.5 Å². The normalized spacial score (nSPS) is 11.4. The first-order valence-electron chi connectivity index (χ1n) is 8.25.